The van der Waals surface area contributed by atoms with Gasteiger partial charge in [-0.15, -0.1) is 0 Å². The summed E-state index contributed by atoms with van der Waals surface area (Å²) in [5, 5.41) is 11.1. The molecule has 0 aliphatic carbocycles. The fraction of sp³-hybridized carbons (Fsp3) is 0.538. The number of aryl methyl sites for hydroxylation is 1. The SMILES string of the molecule is Cc1cccc([N+](=O)[O-])c1S(=O)(=O)N1CCC(C)CC1. The van der Waals surface area contributed by atoms with Crippen LogP contribution in [0.2, 0.25) is 0 Å². The normalized spacial score (nSPS) is 18.1. The van der Waals surface area contributed by atoms with E-state index < -0.39 is 14.9 Å². The number of nitrogens with zero attached hydrogens (tertiary/aromatic N) is 2. The van der Waals surface area contributed by atoms with E-state index in [2.05, 4.69) is 6.92 Å². The van der Waals surface area contributed by atoms with E-state index in [9.17, 15) is 18.5 Å². The highest BCUT2D eigenvalue weighted by Crippen LogP contribution is 2.31. The summed E-state index contributed by atoms with van der Waals surface area (Å²) in [7, 11) is -3.80. The lowest BCUT2D eigenvalue weighted by Crippen LogP contribution is -2.38. The third-order valence-corrected chi connectivity index (χ3v) is 5.82. The Balaban J connectivity index is 2.47. The number of rotatable bonds is 3. The van der Waals surface area contributed by atoms with Crippen molar-refractivity contribution in [3.63, 3.8) is 0 Å². The summed E-state index contributed by atoms with van der Waals surface area (Å²) >= 11 is 0. The van der Waals surface area contributed by atoms with Crippen molar-refractivity contribution in [1.29, 1.82) is 0 Å². The van der Waals surface area contributed by atoms with Crippen LogP contribution in [-0.2, 0) is 10.0 Å². The van der Waals surface area contributed by atoms with Crippen LogP contribution in [0, 0.1) is 23.0 Å². The maximum absolute atomic E-state index is 12.7. The van der Waals surface area contributed by atoms with Crippen molar-refractivity contribution in [3.05, 3.63) is 33.9 Å². The summed E-state index contributed by atoms with van der Waals surface area (Å²) in [4.78, 5) is 10.3. The number of sulfonamides is 1. The maximum Gasteiger partial charge on any atom is 0.289 e. The number of nitro groups is 1. The Morgan fingerprint density at radius 1 is 1.30 bits per heavy atom. The molecule has 0 amide bonds. The highest BCUT2D eigenvalue weighted by atomic mass is 32.2. The molecule has 7 heteroatoms. The lowest BCUT2D eigenvalue weighted by atomic mass is 10.0. The second kappa shape index (κ2) is 5.49. The number of hydrogen-bond acceptors (Lipinski definition) is 4. The molecule has 0 saturated carbocycles. The molecule has 1 saturated heterocycles. The molecule has 0 spiro atoms. The van der Waals surface area contributed by atoms with E-state index in [4.69, 9.17) is 0 Å². The Morgan fingerprint density at radius 3 is 2.45 bits per heavy atom. The molecule has 2 rings (SSSR count). The molecule has 0 unspecified atom stereocenters. The zero-order valence-electron chi connectivity index (χ0n) is 11.6. The van der Waals surface area contributed by atoms with Crippen LogP contribution in [0.4, 0.5) is 5.69 Å². The quantitative estimate of drug-likeness (QED) is 0.633. The molecule has 1 heterocycles. The number of benzene rings is 1. The lowest BCUT2D eigenvalue weighted by molar-refractivity contribution is -0.387. The number of piperidine rings is 1. The third kappa shape index (κ3) is 2.69. The summed E-state index contributed by atoms with van der Waals surface area (Å²) in [5.41, 5.74) is 0.0708. The van der Waals surface area contributed by atoms with Crippen LogP contribution in [0.1, 0.15) is 25.3 Å². The first-order chi connectivity index (χ1) is 9.34. The summed E-state index contributed by atoms with van der Waals surface area (Å²) in [6.45, 7) is 4.52. The molecular formula is C13H18N2O4S. The van der Waals surface area contributed by atoms with Crippen molar-refractivity contribution in [3.8, 4) is 0 Å². The fourth-order valence-electron chi connectivity index (χ4n) is 2.47. The van der Waals surface area contributed by atoms with Gasteiger partial charge in [0, 0.05) is 19.2 Å². The Labute approximate surface area is 118 Å². The summed E-state index contributed by atoms with van der Waals surface area (Å²) in [6.07, 6.45) is 1.58. The van der Waals surface area contributed by atoms with Gasteiger partial charge in [0.2, 0.25) is 10.0 Å². The Kier molecular flexibility index (Phi) is 4.10. The minimum Gasteiger partial charge on any atom is -0.258 e. The number of hydrogen-bond donors (Lipinski definition) is 0. The van der Waals surface area contributed by atoms with Crippen molar-refractivity contribution < 1.29 is 13.3 Å². The van der Waals surface area contributed by atoms with E-state index >= 15 is 0 Å². The monoisotopic (exact) mass is 298 g/mol. The molecule has 0 aromatic heterocycles. The average Bonchev–Trinajstić information content (AvgIpc) is 2.38. The molecule has 1 aliphatic heterocycles. The van der Waals surface area contributed by atoms with Gasteiger partial charge in [-0.3, -0.25) is 10.1 Å². The summed E-state index contributed by atoms with van der Waals surface area (Å²) in [6, 6.07) is 4.34. The predicted molar refractivity (Wildman–Crippen MR) is 75.0 cm³/mol. The van der Waals surface area contributed by atoms with Gasteiger partial charge in [-0.25, -0.2) is 8.42 Å². The molecule has 110 valence electrons. The van der Waals surface area contributed by atoms with Crippen molar-refractivity contribution in [2.75, 3.05) is 13.1 Å². The van der Waals surface area contributed by atoms with Gasteiger partial charge in [0.05, 0.1) is 4.92 Å². The first kappa shape index (κ1) is 14.9. The largest absolute Gasteiger partial charge is 0.289 e. The second-order valence-corrected chi connectivity index (χ2v) is 7.14. The van der Waals surface area contributed by atoms with Gasteiger partial charge in [0.1, 0.15) is 0 Å². The molecule has 1 aromatic rings. The van der Waals surface area contributed by atoms with Crippen LogP contribution in [0.3, 0.4) is 0 Å². The Bertz CT molecular complexity index is 619. The standard InChI is InChI=1S/C13H18N2O4S/c1-10-6-8-14(9-7-10)20(18,19)13-11(2)4-3-5-12(13)15(16)17/h3-5,10H,6-9H2,1-2H3. The summed E-state index contributed by atoms with van der Waals surface area (Å²) < 4.78 is 26.7. The van der Waals surface area contributed by atoms with Crippen LogP contribution in [0.5, 0.6) is 0 Å². The van der Waals surface area contributed by atoms with Crippen molar-refractivity contribution >= 4 is 15.7 Å². The molecule has 1 aromatic carbocycles. The zero-order chi connectivity index (χ0) is 14.9. The zero-order valence-corrected chi connectivity index (χ0v) is 12.4. The van der Waals surface area contributed by atoms with E-state index in [0.29, 0.717) is 24.6 Å². The smallest absolute Gasteiger partial charge is 0.258 e. The number of nitro benzene ring substituents is 1. The molecule has 20 heavy (non-hydrogen) atoms. The minimum absolute atomic E-state index is 0.167. The Morgan fingerprint density at radius 2 is 1.90 bits per heavy atom. The van der Waals surface area contributed by atoms with Crippen LogP contribution in [-0.4, -0.2) is 30.7 Å². The fourth-order valence-corrected chi connectivity index (χ4v) is 4.30. The molecule has 1 fully saturated rings. The van der Waals surface area contributed by atoms with Crippen LogP contribution in [0.15, 0.2) is 23.1 Å². The molecule has 0 bridgehead atoms. The highest BCUT2D eigenvalue weighted by Gasteiger charge is 2.34. The topological polar surface area (TPSA) is 80.5 Å². The third-order valence-electron chi connectivity index (χ3n) is 3.73. The maximum atomic E-state index is 12.7. The van der Waals surface area contributed by atoms with Crippen LogP contribution in [0.25, 0.3) is 0 Å². The first-order valence-corrected chi connectivity index (χ1v) is 8.02. The van der Waals surface area contributed by atoms with Gasteiger partial charge in [-0.1, -0.05) is 19.1 Å². The molecule has 6 nitrogen and oxygen atoms in total. The van der Waals surface area contributed by atoms with Crippen LogP contribution >= 0.6 is 0 Å². The van der Waals surface area contributed by atoms with Gasteiger partial charge in [-0.2, -0.15) is 4.31 Å². The van der Waals surface area contributed by atoms with E-state index in [1.165, 1.54) is 16.4 Å². The van der Waals surface area contributed by atoms with Gasteiger partial charge < -0.3 is 0 Å². The van der Waals surface area contributed by atoms with Gasteiger partial charge in [-0.05, 0) is 31.2 Å². The van der Waals surface area contributed by atoms with E-state index in [1.807, 2.05) is 0 Å². The van der Waals surface area contributed by atoms with Crippen molar-refractivity contribution in [1.82, 2.24) is 4.31 Å². The van der Waals surface area contributed by atoms with Crippen LogP contribution < -0.4 is 0 Å². The van der Waals surface area contributed by atoms with E-state index in [-0.39, 0.29) is 10.6 Å². The minimum atomic E-state index is -3.80. The molecule has 0 radical (unpaired) electrons. The lowest BCUT2D eigenvalue weighted by Gasteiger charge is -2.29. The van der Waals surface area contributed by atoms with E-state index in [1.54, 1.807) is 13.0 Å². The second-order valence-electron chi connectivity index (χ2n) is 5.27. The molecular weight excluding hydrogens is 280 g/mol. The molecule has 0 N–H and O–H groups in total. The molecule has 1 aliphatic rings. The predicted octanol–water partition coefficient (Wildman–Crippen LogP) is 2.32. The first-order valence-electron chi connectivity index (χ1n) is 6.58. The highest BCUT2D eigenvalue weighted by molar-refractivity contribution is 7.89. The summed E-state index contributed by atoms with van der Waals surface area (Å²) in [5.74, 6) is 0.494. The van der Waals surface area contributed by atoms with Crippen molar-refractivity contribution in [2.45, 2.75) is 31.6 Å². The van der Waals surface area contributed by atoms with E-state index in [0.717, 1.165) is 12.8 Å². The van der Waals surface area contributed by atoms with Crippen molar-refractivity contribution in [2.24, 2.45) is 5.92 Å². The van der Waals surface area contributed by atoms with Gasteiger partial charge in [0.15, 0.2) is 4.90 Å². The average molecular weight is 298 g/mol. The van der Waals surface area contributed by atoms with Gasteiger partial charge >= 0.3 is 0 Å². The molecule has 0 atom stereocenters. The van der Waals surface area contributed by atoms with Gasteiger partial charge in [0.25, 0.3) is 5.69 Å². The Hall–Kier alpha value is -1.47.